The molecule has 0 saturated heterocycles. The molecule has 0 heterocycles. The summed E-state index contributed by atoms with van der Waals surface area (Å²) < 4.78 is 0. The monoisotopic (exact) mass is 128 g/mol. The molecule has 1 aliphatic rings. The first-order chi connectivity index (χ1) is 4.27. The van der Waals surface area contributed by atoms with E-state index in [9.17, 15) is 4.79 Å². The lowest BCUT2D eigenvalue weighted by molar-refractivity contribution is -0.110. The Morgan fingerprint density at radius 1 is 1.67 bits per heavy atom. The minimum atomic E-state index is 0.468. The minimum Gasteiger partial charge on any atom is -0.294 e. The molecule has 2 N–H and O–H groups in total. The second kappa shape index (κ2) is 2.35. The number of amides is 1. The summed E-state index contributed by atoms with van der Waals surface area (Å²) in [5.74, 6) is 0. The first kappa shape index (κ1) is 6.55. The van der Waals surface area contributed by atoms with Crippen molar-refractivity contribution < 1.29 is 4.79 Å². The molecule has 1 amide bonds. The van der Waals surface area contributed by atoms with Crippen LogP contribution in [0.3, 0.4) is 0 Å². The molecule has 1 saturated carbocycles. The lowest BCUT2D eigenvalue weighted by Gasteiger charge is -2.06. The van der Waals surface area contributed by atoms with Gasteiger partial charge in [-0.15, -0.1) is 0 Å². The smallest absolute Gasteiger partial charge is 0.221 e. The van der Waals surface area contributed by atoms with Gasteiger partial charge in [0.25, 0.3) is 0 Å². The van der Waals surface area contributed by atoms with Crippen LogP contribution in [0.2, 0.25) is 0 Å². The third-order valence-corrected chi connectivity index (χ3v) is 1.78. The highest BCUT2D eigenvalue weighted by Crippen LogP contribution is 2.43. The predicted molar refractivity (Wildman–Crippen MR) is 34.5 cm³/mol. The maximum atomic E-state index is 9.74. The fourth-order valence-electron chi connectivity index (χ4n) is 0.696. The van der Waals surface area contributed by atoms with Gasteiger partial charge in [0.1, 0.15) is 0 Å². The number of rotatable bonds is 4. The third kappa shape index (κ3) is 2.01. The van der Waals surface area contributed by atoms with Crippen molar-refractivity contribution >= 4 is 6.41 Å². The molecule has 9 heavy (non-hydrogen) atoms. The summed E-state index contributed by atoms with van der Waals surface area (Å²) in [5.41, 5.74) is 5.70. The highest BCUT2D eigenvalue weighted by atomic mass is 16.1. The van der Waals surface area contributed by atoms with Gasteiger partial charge in [-0.2, -0.15) is 0 Å². The lowest BCUT2D eigenvalue weighted by Crippen LogP contribution is -2.34. The summed E-state index contributed by atoms with van der Waals surface area (Å²) in [6.45, 7) is 3.10. The van der Waals surface area contributed by atoms with Gasteiger partial charge in [-0.25, -0.2) is 5.43 Å². The molecule has 0 unspecified atom stereocenters. The molecule has 0 radical (unpaired) electrons. The van der Waals surface area contributed by atoms with Gasteiger partial charge >= 0.3 is 0 Å². The Labute approximate surface area is 54.8 Å². The van der Waals surface area contributed by atoms with Gasteiger partial charge < -0.3 is 0 Å². The van der Waals surface area contributed by atoms with Crippen LogP contribution in [0.5, 0.6) is 0 Å². The Balaban J connectivity index is 1.98. The van der Waals surface area contributed by atoms with E-state index in [1.54, 1.807) is 0 Å². The lowest BCUT2D eigenvalue weighted by atomic mass is 10.1. The predicted octanol–water partition coefficient (Wildman–Crippen LogP) is 0.0371. The molecule has 3 heteroatoms. The van der Waals surface area contributed by atoms with Crippen molar-refractivity contribution in [3.05, 3.63) is 0 Å². The van der Waals surface area contributed by atoms with Crippen molar-refractivity contribution in [1.82, 2.24) is 10.9 Å². The van der Waals surface area contributed by atoms with Crippen molar-refractivity contribution in [2.24, 2.45) is 5.41 Å². The Bertz CT molecular complexity index is 110. The first-order valence-electron chi connectivity index (χ1n) is 3.19. The minimum absolute atomic E-state index is 0.468. The van der Waals surface area contributed by atoms with Crippen molar-refractivity contribution in [2.75, 3.05) is 6.54 Å². The SMILES string of the molecule is CC1(CNNC=O)CC1. The Hall–Kier alpha value is -0.570. The van der Waals surface area contributed by atoms with Gasteiger partial charge in [0, 0.05) is 6.54 Å². The Kier molecular flexibility index (Phi) is 1.71. The number of carbonyl (C=O) groups is 1. The molecule has 3 nitrogen and oxygen atoms in total. The summed E-state index contributed by atoms with van der Waals surface area (Å²) in [7, 11) is 0. The van der Waals surface area contributed by atoms with Crippen LogP contribution in [0.4, 0.5) is 0 Å². The van der Waals surface area contributed by atoms with Crippen molar-refractivity contribution in [1.29, 1.82) is 0 Å². The average Bonchev–Trinajstić information content (AvgIpc) is 2.50. The highest BCUT2D eigenvalue weighted by molar-refractivity contribution is 5.44. The molecule has 0 aliphatic heterocycles. The van der Waals surface area contributed by atoms with Crippen molar-refractivity contribution in [2.45, 2.75) is 19.8 Å². The number of hydrogen-bond donors (Lipinski definition) is 2. The van der Waals surface area contributed by atoms with Gasteiger partial charge in [0.2, 0.25) is 6.41 Å². The molecule has 1 aliphatic carbocycles. The molecule has 0 aromatic heterocycles. The molecule has 0 bridgehead atoms. The van der Waals surface area contributed by atoms with Crippen LogP contribution in [0, 0.1) is 5.41 Å². The summed E-state index contributed by atoms with van der Waals surface area (Å²) in [5, 5.41) is 0. The second-order valence-corrected chi connectivity index (χ2v) is 2.93. The molecule has 1 fully saturated rings. The second-order valence-electron chi connectivity index (χ2n) is 2.93. The van der Waals surface area contributed by atoms with Crippen LogP contribution in [0.1, 0.15) is 19.8 Å². The van der Waals surface area contributed by atoms with E-state index in [0.717, 1.165) is 6.54 Å². The highest BCUT2D eigenvalue weighted by Gasteiger charge is 2.36. The van der Waals surface area contributed by atoms with Gasteiger partial charge in [-0.1, -0.05) is 6.92 Å². The zero-order valence-electron chi connectivity index (χ0n) is 5.61. The van der Waals surface area contributed by atoms with E-state index in [2.05, 4.69) is 17.8 Å². The molecule has 52 valence electrons. The standard InChI is InChI=1S/C6H12N2O/c1-6(2-3-6)4-7-8-5-9/h5,7H,2-4H2,1H3,(H,8,9). The van der Waals surface area contributed by atoms with Crippen LogP contribution >= 0.6 is 0 Å². The van der Waals surface area contributed by atoms with E-state index in [4.69, 9.17) is 0 Å². The first-order valence-corrected chi connectivity index (χ1v) is 3.19. The zero-order chi connectivity index (χ0) is 6.74. The van der Waals surface area contributed by atoms with Crippen LogP contribution in [-0.4, -0.2) is 13.0 Å². The van der Waals surface area contributed by atoms with Crippen molar-refractivity contribution in [3.63, 3.8) is 0 Å². The van der Waals surface area contributed by atoms with Crippen LogP contribution in [0.15, 0.2) is 0 Å². The van der Waals surface area contributed by atoms with Crippen LogP contribution in [0.25, 0.3) is 0 Å². The van der Waals surface area contributed by atoms with Crippen molar-refractivity contribution in [3.8, 4) is 0 Å². The maximum Gasteiger partial charge on any atom is 0.221 e. The van der Waals surface area contributed by atoms with Gasteiger partial charge in [0.15, 0.2) is 0 Å². The third-order valence-electron chi connectivity index (χ3n) is 1.78. The van der Waals surface area contributed by atoms with Gasteiger partial charge in [-0.3, -0.25) is 10.2 Å². The number of hydrogen-bond acceptors (Lipinski definition) is 2. The molecule has 0 aromatic rings. The Morgan fingerprint density at radius 2 is 2.33 bits per heavy atom. The van der Waals surface area contributed by atoms with Crippen LogP contribution < -0.4 is 10.9 Å². The summed E-state index contributed by atoms with van der Waals surface area (Å²) in [6, 6.07) is 0. The molecule has 1 rings (SSSR count). The van der Waals surface area contributed by atoms with E-state index < -0.39 is 0 Å². The molecular formula is C6H12N2O. The molecule has 0 spiro atoms. The largest absolute Gasteiger partial charge is 0.294 e. The van der Waals surface area contributed by atoms with E-state index >= 15 is 0 Å². The summed E-state index contributed by atoms with van der Waals surface area (Å²) >= 11 is 0. The van der Waals surface area contributed by atoms with E-state index in [1.165, 1.54) is 12.8 Å². The number of carbonyl (C=O) groups excluding carboxylic acids is 1. The quantitative estimate of drug-likeness (QED) is 0.319. The fourth-order valence-corrected chi connectivity index (χ4v) is 0.696. The maximum absolute atomic E-state index is 9.74. The normalized spacial score (nSPS) is 21.0. The number of hydrazine groups is 1. The van der Waals surface area contributed by atoms with E-state index in [0.29, 0.717) is 11.8 Å². The fraction of sp³-hybridized carbons (Fsp3) is 0.833. The molecule has 0 atom stereocenters. The topological polar surface area (TPSA) is 41.1 Å². The Morgan fingerprint density at radius 3 is 2.78 bits per heavy atom. The summed E-state index contributed by atoms with van der Waals surface area (Å²) in [4.78, 5) is 9.74. The van der Waals surface area contributed by atoms with Gasteiger partial charge in [-0.05, 0) is 18.3 Å². The zero-order valence-corrected chi connectivity index (χ0v) is 5.61. The van der Waals surface area contributed by atoms with Crippen LogP contribution in [-0.2, 0) is 4.79 Å². The summed E-state index contributed by atoms with van der Waals surface area (Å²) in [6.07, 6.45) is 3.22. The molecule has 0 aromatic carbocycles. The average molecular weight is 128 g/mol. The van der Waals surface area contributed by atoms with Gasteiger partial charge in [0.05, 0.1) is 0 Å². The number of nitrogens with one attached hydrogen (secondary N) is 2. The van der Waals surface area contributed by atoms with E-state index in [1.807, 2.05) is 0 Å². The molecular weight excluding hydrogens is 116 g/mol. The van der Waals surface area contributed by atoms with E-state index in [-0.39, 0.29) is 0 Å².